The van der Waals surface area contributed by atoms with E-state index in [0.717, 1.165) is 34.0 Å². The van der Waals surface area contributed by atoms with Gasteiger partial charge in [0.1, 0.15) is 5.01 Å². The summed E-state index contributed by atoms with van der Waals surface area (Å²) in [5.74, 6) is 0. The number of fused-ring (bicyclic) bond motifs is 1. The second-order valence-corrected chi connectivity index (χ2v) is 5.81. The van der Waals surface area contributed by atoms with Gasteiger partial charge in [-0.3, -0.25) is 4.79 Å². The molecule has 0 bridgehead atoms. The Morgan fingerprint density at radius 3 is 2.95 bits per heavy atom. The molecule has 108 valence electrons. The minimum atomic E-state index is 0.0458. The zero-order chi connectivity index (χ0) is 14.7. The van der Waals surface area contributed by atoms with Crippen molar-refractivity contribution in [3.05, 3.63) is 51.8 Å². The van der Waals surface area contributed by atoms with E-state index in [4.69, 9.17) is 0 Å². The number of hydrogen-bond donors (Lipinski definition) is 1. The summed E-state index contributed by atoms with van der Waals surface area (Å²) in [6, 6.07) is 9.22. The summed E-state index contributed by atoms with van der Waals surface area (Å²) in [5, 5.41) is 14.1. The Morgan fingerprint density at radius 1 is 1.24 bits per heavy atom. The summed E-state index contributed by atoms with van der Waals surface area (Å²) in [6.45, 7) is 3.63. The number of pyridine rings is 1. The van der Waals surface area contributed by atoms with Gasteiger partial charge in [-0.1, -0.05) is 30.4 Å². The predicted molar refractivity (Wildman–Crippen MR) is 86.0 cm³/mol. The molecule has 5 nitrogen and oxygen atoms in total. The fourth-order valence-corrected chi connectivity index (χ4v) is 2.93. The minimum Gasteiger partial charge on any atom is -0.360 e. The van der Waals surface area contributed by atoms with Crippen molar-refractivity contribution in [2.75, 3.05) is 11.9 Å². The minimum absolute atomic E-state index is 0.0458. The van der Waals surface area contributed by atoms with Crippen LogP contribution < -0.4 is 10.7 Å². The van der Waals surface area contributed by atoms with Crippen LogP contribution in [0.3, 0.4) is 0 Å². The summed E-state index contributed by atoms with van der Waals surface area (Å²) < 4.78 is 2.03. The number of hydrogen-bond acceptors (Lipinski definition) is 5. The SMILES string of the molecule is CCCNc1nnc(Cn2ccc(=O)c3ccccc32)s1. The van der Waals surface area contributed by atoms with Crippen LogP contribution in [-0.2, 0) is 6.54 Å². The van der Waals surface area contributed by atoms with E-state index in [1.165, 1.54) is 0 Å². The average Bonchev–Trinajstić information content (AvgIpc) is 2.96. The van der Waals surface area contributed by atoms with Crippen molar-refractivity contribution < 1.29 is 0 Å². The Hall–Kier alpha value is -2.21. The van der Waals surface area contributed by atoms with E-state index in [1.807, 2.05) is 35.0 Å². The molecule has 1 N–H and O–H groups in total. The number of aromatic nitrogens is 3. The number of nitrogens with one attached hydrogen (secondary N) is 1. The van der Waals surface area contributed by atoms with Crippen molar-refractivity contribution in [3.8, 4) is 0 Å². The number of benzene rings is 1. The van der Waals surface area contributed by atoms with Gasteiger partial charge < -0.3 is 9.88 Å². The van der Waals surface area contributed by atoms with E-state index in [2.05, 4.69) is 22.4 Å². The quantitative estimate of drug-likeness (QED) is 0.787. The smallest absolute Gasteiger partial charge is 0.205 e. The molecule has 0 radical (unpaired) electrons. The van der Waals surface area contributed by atoms with Gasteiger partial charge in [0.2, 0.25) is 5.13 Å². The van der Waals surface area contributed by atoms with Crippen LogP contribution in [0.25, 0.3) is 10.9 Å². The fraction of sp³-hybridized carbons (Fsp3) is 0.267. The molecule has 0 atom stereocenters. The molecular weight excluding hydrogens is 284 g/mol. The molecule has 0 spiro atoms. The largest absolute Gasteiger partial charge is 0.360 e. The van der Waals surface area contributed by atoms with Crippen molar-refractivity contribution in [2.24, 2.45) is 0 Å². The molecule has 0 aliphatic carbocycles. The van der Waals surface area contributed by atoms with Gasteiger partial charge in [0.05, 0.1) is 12.1 Å². The molecule has 0 aliphatic rings. The second kappa shape index (κ2) is 6.05. The van der Waals surface area contributed by atoms with E-state index in [-0.39, 0.29) is 5.43 Å². The van der Waals surface area contributed by atoms with Gasteiger partial charge in [-0.2, -0.15) is 0 Å². The van der Waals surface area contributed by atoms with Crippen molar-refractivity contribution >= 4 is 27.4 Å². The molecule has 2 aromatic heterocycles. The lowest BCUT2D eigenvalue weighted by molar-refractivity contribution is 0.801. The van der Waals surface area contributed by atoms with E-state index in [1.54, 1.807) is 17.4 Å². The summed E-state index contributed by atoms with van der Waals surface area (Å²) >= 11 is 1.55. The van der Waals surface area contributed by atoms with Crippen LogP contribution in [0, 0.1) is 0 Å². The summed E-state index contributed by atoms with van der Waals surface area (Å²) in [5.41, 5.74) is 0.965. The van der Waals surface area contributed by atoms with Crippen molar-refractivity contribution in [3.63, 3.8) is 0 Å². The van der Waals surface area contributed by atoms with Crippen LogP contribution in [0.4, 0.5) is 5.13 Å². The van der Waals surface area contributed by atoms with Crippen LogP contribution in [-0.4, -0.2) is 21.3 Å². The highest BCUT2D eigenvalue weighted by Gasteiger charge is 2.07. The number of anilines is 1. The Labute approximate surface area is 126 Å². The van der Waals surface area contributed by atoms with E-state index in [9.17, 15) is 4.79 Å². The Balaban J connectivity index is 1.90. The maximum absolute atomic E-state index is 11.9. The van der Waals surface area contributed by atoms with Crippen LogP contribution >= 0.6 is 11.3 Å². The summed E-state index contributed by atoms with van der Waals surface area (Å²) in [7, 11) is 0. The zero-order valence-corrected chi connectivity index (χ0v) is 12.6. The van der Waals surface area contributed by atoms with Gasteiger partial charge in [0.25, 0.3) is 0 Å². The normalized spacial score (nSPS) is 10.9. The van der Waals surface area contributed by atoms with Crippen LogP contribution in [0.2, 0.25) is 0 Å². The van der Waals surface area contributed by atoms with Crippen LogP contribution in [0.15, 0.2) is 41.3 Å². The van der Waals surface area contributed by atoms with Gasteiger partial charge in [0.15, 0.2) is 5.43 Å². The standard InChI is InChI=1S/C15H16N4OS/c1-2-8-16-15-18-17-14(21-15)10-19-9-7-13(20)11-5-3-4-6-12(11)19/h3-7,9H,2,8,10H2,1H3,(H,16,18). The van der Waals surface area contributed by atoms with Crippen molar-refractivity contribution in [1.29, 1.82) is 0 Å². The van der Waals surface area contributed by atoms with E-state index in [0.29, 0.717) is 6.54 Å². The first-order valence-electron chi connectivity index (χ1n) is 6.92. The molecule has 3 rings (SSSR count). The third-order valence-corrected chi connectivity index (χ3v) is 4.05. The first-order valence-corrected chi connectivity index (χ1v) is 7.74. The highest BCUT2D eigenvalue weighted by Crippen LogP contribution is 2.18. The van der Waals surface area contributed by atoms with Gasteiger partial charge in [-0.15, -0.1) is 10.2 Å². The first-order chi connectivity index (χ1) is 10.3. The molecule has 0 saturated heterocycles. The molecule has 6 heteroatoms. The second-order valence-electron chi connectivity index (χ2n) is 4.75. The van der Waals surface area contributed by atoms with Gasteiger partial charge >= 0.3 is 0 Å². The third-order valence-electron chi connectivity index (χ3n) is 3.18. The topological polar surface area (TPSA) is 59.8 Å². The highest BCUT2D eigenvalue weighted by molar-refractivity contribution is 7.15. The monoisotopic (exact) mass is 300 g/mol. The zero-order valence-electron chi connectivity index (χ0n) is 11.7. The molecule has 1 aromatic carbocycles. The predicted octanol–water partition coefficient (Wildman–Crippen LogP) is 2.72. The van der Waals surface area contributed by atoms with Gasteiger partial charge in [-0.25, -0.2) is 0 Å². The van der Waals surface area contributed by atoms with Crippen LogP contribution in [0.1, 0.15) is 18.4 Å². The molecule has 0 aliphatic heterocycles. The molecule has 2 heterocycles. The first kappa shape index (κ1) is 13.8. The Morgan fingerprint density at radius 2 is 2.10 bits per heavy atom. The lowest BCUT2D eigenvalue weighted by Crippen LogP contribution is -2.08. The van der Waals surface area contributed by atoms with Gasteiger partial charge in [0, 0.05) is 24.2 Å². The maximum Gasteiger partial charge on any atom is 0.205 e. The molecule has 3 aromatic rings. The van der Waals surface area contributed by atoms with Crippen molar-refractivity contribution in [2.45, 2.75) is 19.9 Å². The fourth-order valence-electron chi connectivity index (χ4n) is 2.16. The molecule has 21 heavy (non-hydrogen) atoms. The van der Waals surface area contributed by atoms with E-state index >= 15 is 0 Å². The Kier molecular flexibility index (Phi) is 3.96. The molecule has 0 unspecified atom stereocenters. The van der Waals surface area contributed by atoms with E-state index < -0.39 is 0 Å². The molecule has 0 saturated carbocycles. The molecule has 0 amide bonds. The highest BCUT2D eigenvalue weighted by atomic mass is 32.1. The van der Waals surface area contributed by atoms with Gasteiger partial charge in [-0.05, 0) is 18.6 Å². The maximum atomic E-state index is 11.9. The third kappa shape index (κ3) is 2.95. The number of nitrogens with zero attached hydrogens (tertiary/aromatic N) is 3. The number of rotatable bonds is 5. The molecular formula is C15H16N4OS. The average molecular weight is 300 g/mol. The number of para-hydroxylation sites is 1. The lowest BCUT2D eigenvalue weighted by Gasteiger charge is -2.08. The molecule has 0 fully saturated rings. The summed E-state index contributed by atoms with van der Waals surface area (Å²) in [4.78, 5) is 11.9. The van der Waals surface area contributed by atoms with Crippen molar-refractivity contribution in [1.82, 2.24) is 14.8 Å². The van der Waals surface area contributed by atoms with Crippen LogP contribution in [0.5, 0.6) is 0 Å². The summed E-state index contributed by atoms with van der Waals surface area (Å²) in [6.07, 6.45) is 2.87. The lowest BCUT2D eigenvalue weighted by atomic mass is 10.2. The Bertz CT molecular complexity index is 809.